The van der Waals surface area contributed by atoms with E-state index in [1.54, 1.807) is 12.1 Å². The topological polar surface area (TPSA) is 92.5 Å². The van der Waals surface area contributed by atoms with Crippen LogP contribution >= 0.6 is 15.9 Å². The Kier molecular flexibility index (Phi) is 5.30. The predicted octanol–water partition coefficient (Wildman–Crippen LogP) is 2.95. The van der Waals surface area contributed by atoms with E-state index in [9.17, 15) is 14.9 Å². The minimum atomic E-state index is -0.742. The van der Waals surface area contributed by atoms with Crippen molar-refractivity contribution in [1.29, 1.82) is 0 Å². The summed E-state index contributed by atoms with van der Waals surface area (Å²) in [6.45, 7) is 0.941. The van der Waals surface area contributed by atoms with Crippen molar-refractivity contribution in [3.63, 3.8) is 0 Å². The van der Waals surface area contributed by atoms with Crippen molar-refractivity contribution in [2.24, 2.45) is 11.8 Å². The van der Waals surface area contributed by atoms with Crippen LogP contribution in [0.2, 0.25) is 0 Å². The lowest BCUT2D eigenvalue weighted by molar-refractivity contribution is -0.385. The van der Waals surface area contributed by atoms with Crippen molar-refractivity contribution >= 4 is 27.6 Å². The molecule has 0 bridgehead atoms. The van der Waals surface area contributed by atoms with Gasteiger partial charge in [-0.2, -0.15) is 0 Å². The SMILES string of the molecule is O=C(O)C1CCCC1CNCc1ccc(Br)cc1[N+](=O)[O-]. The summed E-state index contributed by atoms with van der Waals surface area (Å²) in [4.78, 5) is 21.7. The van der Waals surface area contributed by atoms with Crippen LogP contribution in [0.15, 0.2) is 22.7 Å². The molecule has 0 spiro atoms. The first kappa shape index (κ1) is 15.9. The minimum absolute atomic E-state index is 0.0677. The van der Waals surface area contributed by atoms with Crippen LogP contribution in [0.4, 0.5) is 5.69 Å². The number of nitrogens with zero attached hydrogens (tertiary/aromatic N) is 1. The molecule has 2 atom stereocenters. The number of rotatable bonds is 6. The molecule has 7 heteroatoms. The molecule has 1 aliphatic carbocycles. The zero-order chi connectivity index (χ0) is 15.4. The van der Waals surface area contributed by atoms with Crippen LogP contribution in [-0.2, 0) is 11.3 Å². The summed E-state index contributed by atoms with van der Waals surface area (Å²) >= 11 is 3.22. The van der Waals surface area contributed by atoms with Crippen molar-refractivity contribution in [2.75, 3.05) is 6.54 Å². The normalized spacial score (nSPS) is 21.4. The standard InChI is InChI=1S/C14H17BrN2O4/c15-11-5-4-10(13(6-11)17(20)21)8-16-7-9-2-1-3-12(9)14(18)19/h4-6,9,12,16H,1-3,7-8H2,(H,18,19). The lowest BCUT2D eigenvalue weighted by Gasteiger charge is -2.16. The van der Waals surface area contributed by atoms with Crippen molar-refractivity contribution in [3.05, 3.63) is 38.3 Å². The highest BCUT2D eigenvalue weighted by atomic mass is 79.9. The Hall–Kier alpha value is -1.47. The molecular weight excluding hydrogens is 340 g/mol. The van der Waals surface area contributed by atoms with Crippen LogP contribution in [0.5, 0.6) is 0 Å². The van der Waals surface area contributed by atoms with Crippen LogP contribution in [0, 0.1) is 22.0 Å². The van der Waals surface area contributed by atoms with Crippen LogP contribution in [0.1, 0.15) is 24.8 Å². The second-order valence-corrected chi connectivity index (χ2v) is 6.21. The molecule has 21 heavy (non-hydrogen) atoms. The number of carboxylic acid groups (broad SMARTS) is 1. The van der Waals surface area contributed by atoms with Gasteiger partial charge in [-0.3, -0.25) is 14.9 Å². The fraction of sp³-hybridized carbons (Fsp3) is 0.500. The van der Waals surface area contributed by atoms with E-state index in [1.807, 2.05) is 0 Å². The average molecular weight is 357 g/mol. The minimum Gasteiger partial charge on any atom is -0.481 e. The van der Waals surface area contributed by atoms with Crippen LogP contribution in [-0.4, -0.2) is 22.5 Å². The number of carbonyl (C=O) groups is 1. The van der Waals surface area contributed by atoms with E-state index in [-0.39, 0.29) is 17.5 Å². The van der Waals surface area contributed by atoms with Crippen molar-refractivity contribution < 1.29 is 14.8 Å². The molecule has 2 rings (SSSR count). The summed E-state index contributed by atoms with van der Waals surface area (Å²) in [6.07, 6.45) is 2.55. The van der Waals surface area contributed by atoms with E-state index in [1.165, 1.54) is 6.07 Å². The molecule has 1 aromatic carbocycles. The molecule has 2 N–H and O–H groups in total. The summed E-state index contributed by atoms with van der Waals surface area (Å²) in [5.41, 5.74) is 0.672. The van der Waals surface area contributed by atoms with Crippen molar-refractivity contribution in [2.45, 2.75) is 25.8 Å². The first-order chi connectivity index (χ1) is 9.99. The van der Waals surface area contributed by atoms with E-state index in [0.29, 0.717) is 23.1 Å². The Balaban J connectivity index is 1.95. The third kappa shape index (κ3) is 4.01. The third-order valence-corrected chi connectivity index (χ3v) is 4.44. The van der Waals surface area contributed by atoms with Gasteiger partial charge in [0.1, 0.15) is 0 Å². The molecule has 1 aromatic rings. The van der Waals surface area contributed by atoms with Crippen LogP contribution in [0.25, 0.3) is 0 Å². The maximum absolute atomic E-state index is 11.1. The van der Waals surface area contributed by atoms with Crippen molar-refractivity contribution in [1.82, 2.24) is 5.32 Å². The zero-order valence-electron chi connectivity index (χ0n) is 11.4. The molecule has 114 valence electrons. The van der Waals surface area contributed by atoms with Gasteiger partial charge >= 0.3 is 5.97 Å². The molecule has 0 saturated heterocycles. The van der Waals surface area contributed by atoms with E-state index >= 15 is 0 Å². The monoisotopic (exact) mass is 356 g/mol. The molecule has 0 amide bonds. The maximum atomic E-state index is 11.1. The molecule has 0 radical (unpaired) electrons. The van der Waals surface area contributed by atoms with E-state index in [2.05, 4.69) is 21.2 Å². The highest BCUT2D eigenvalue weighted by Gasteiger charge is 2.32. The molecule has 1 fully saturated rings. The summed E-state index contributed by atoms with van der Waals surface area (Å²) in [7, 11) is 0. The zero-order valence-corrected chi connectivity index (χ0v) is 13.0. The Labute approximate surface area is 130 Å². The number of nitro groups is 1. The van der Waals surface area contributed by atoms with Gasteiger partial charge < -0.3 is 10.4 Å². The molecule has 6 nitrogen and oxygen atoms in total. The Morgan fingerprint density at radius 1 is 1.48 bits per heavy atom. The second kappa shape index (κ2) is 7.00. The summed E-state index contributed by atoms with van der Waals surface area (Å²) < 4.78 is 0.666. The molecule has 0 heterocycles. The third-order valence-electron chi connectivity index (χ3n) is 3.94. The van der Waals surface area contributed by atoms with Gasteiger partial charge in [-0.25, -0.2) is 0 Å². The number of carboxylic acids is 1. The molecule has 1 aliphatic rings. The summed E-state index contributed by atoms with van der Waals surface area (Å²) in [5.74, 6) is -0.927. The highest BCUT2D eigenvalue weighted by Crippen LogP contribution is 2.31. The van der Waals surface area contributed by atoms with Gasteiger partial charge in [0.15, 0.2) is 0 Å². The van der Waals surface area contributed by atoms with E-state index < -0.39 is 10.9 Å². The summed E-state index contributed by atoms with van der Waals surface area (Å²) in [5, 5.41) is 23.3. The van der Waals surface area contributed by atoms with Gasteiger partial charge in [0.2, 0.25) is 0 Å². The molecule has 2 unspecified atom stereocenters. The maximum Gasteiger partial charge on any atom is 0.306 e. The van der Waals surface area contributed by atoms with Gasteiger partial charge in [0.05, 0.1) is 10.8 Å². The highest BCUT2D eigenvalue weighted by molar-refractivity contribution is 9.10. The number of hydrogen-bond acceptors (Lipinski definition) is 4. The van der Waals surface area contributed by atoms with Crippen LogP contribution < -0.4 is 5.32 Å². The lowest BCUT2D eigenvalue weighted by atomic mass is 9.96. The fourth-order valence-electron chi connectivity index (χ4n) is 2.85. The van der Waals surface area contributed by atoms with E-state index in [4.69, 9.17) is 5.11 Å². The molecule has 1 saturated carbocycles. The largest absolute Gasteiger partial charge is 0.481 e. The number of hydrogen-bond donors (Lipinski definition) is 2. The van der Waals surface area contributed by atoms with Gasteiger partial charge in [-0.1, -0.05) is 22.4 Å². The second-order valence-electron chi connectivity index (χ2n) is 5.30. The Morgan fingerprint density at radius 2 is 2.24 bits per heavy atom. The quantitative estimate of drug-likeness (QED) is 0.603. The number of aliphatic carboxylic acids is 1. The Bertz CT molecular complexity index is 550. The van der Waals surface area contributed by atoms with Gasteiger partial charge in [0.25, 0.3) is 5.69 Å². The lowest BCUT2D eigenvalue weighted by Crippen LogP contribution is -2.28. The first-order valence-corrected chi connectivity index (χ1v) is 7.64. The Morgan fingerprint density at radius 3 is 2.90 bits per heavy atom. The summed E-state index contributed by atoms with van der Waals surface area (Å²) in [6, 6.07) is 4.95. The first-order valence-electron chi connectivity index (χ1n) is 6.85. The number of halogens is 1. The number of nitrogens with one attached hydrogen (secondary N) is 1. The van der Waals surface area contributed by atoms with Gasteiger partial charge in [-0.15, -0.1) is 0 Å². The van der Waals surface area contributed by atoms with Crippen molar-refractivity contribution in [3.8, 4) is 0 Å². The number of benzene rings is 1. The van der Waals surface area contributed by atoms with E-state index in [0.717, 1.165) is 19.3 Å². The smallest absolute Gasteiger partial charge is 0.306 e. The molecule has 0 aromatic heterocycles. The predicted molar refractivity (Wildman–Crippen MR) is 81.0 cm³/mol. The average Bonchev–Trinajstić information content (AvgIpc) is 2.88. The van der Waals surface area contributed by atoms with Gasteiger partial charge in [0, 0.05) is 22.6 Å². The number of nitro benzene ring substituents is 1. The van der Waals surface area contributed by atoms with Crippen LogP contribution in [0.3, 0.4) is 0 Å². The fourth-order valence-corrected chi connectivity index (χ4v) is 3.20. The molecular formula is C14H17BrN2O4. The van der Waals surface area contributed by atoms with Gasteiger partial charge in [-0.05, 0) is 37.4 Å². The molecule has 0 aliphatic heterocycles.